The number of likely N-dealkylation sites (N-methyl/N-ethyl adjacent to an activating group) is 2. The average molecular weight is 284 g/mol. The van der Waals surface area contributed by atoms with Gasteiger partial charge in [0.2, 0.25) is 5.91 Å². The molecule has 0 aromatic rings. The Morgan fingerprint density at radius 2 is 1.90 bits per heavy atom. The molecule has 2 unspecified atom stereocenters. The molecule has 0 aromatic heterocycles. The summed E-state index contributed by atoms with van der Waals surface area (Å²) in [6.45, 7) is 5.52. The Morgan fingerprint density at radius 1 is 1.25 bits per heavy atom. The van der Waals surface area contributed by atoms with E-state index in [-0.39, 0.29) is 18.1 Å². The van der Waals surface area contributed by atoms with Crippen LogP contribution < -0.4 is 0 Å². The Balaban J connectivity index is 1.85. The molecule has 2 heterocycles. The van der Waals surface area contributed by atoms with Gasteiger partial charge < -0.3 is 19.8 Å². The number of hydrogen-bond donors (Lipinski definition) is 1. The standard InChI is InChI=1S/C14H28N4O2/c1-15(2)9-12-8-13(19)10-18(12)11-14(20)17-6-4-16(3)5-7-17/h12-13,19H,4-11H2,1-3H3. The topological polar surface area (TPSA) is 50.3 Å². The molecule has 6 heteroatoms. The van der Waals surface area contributed by atoms with E-state index >= 15 is 0 Å². The molecule has 0 saturated carbocycles. The molecule has 2 atom stereocenters. The smallest absolute Gasteiger partial charge is 0.236 e. The van der Waals surface area contributed by atoms with Gasteiger partial charge in [0.05, 0.1) is 12.6 Å². The number of carbonyl (C=O) groups is 1. The van der Waals surface area contributed by atoms with Crippen molar-refractivity contribution in [2.45, 2.75) is 18.6 Å². The first-order valence-electron chi connectivity index (χ1n) is 7.49. The molecule has 2 saturated heterocycles. The van der Waals surface area contributed by atoms with Gasteiger partial charge in [-0.05, 0) is 27.6 Å². The predicted octanol–water partition coefficient (Wildman–Crippen LogP) is -1.24. The van der Waals surface area contributed by atoms with Crippen molar-refractivity contribution in [3.8, 4) is 0 Å². The van der Waals surface area contributed by atoms with E-state index in [1.165, 1.54) is 0 Å². The highest BCUT2D eigenvalue weighted by atomic mass is 16.3. The van der Waals surface area contributed by atoms with Crippen LogP contribution in [0.2, 0.25) is 0 Å². The quantitative estimate of drug-likeness (QED) is 0.700. The van der Waals surface area contributed by atoms with E-state index in [1.807, 2.05) is 19.0 Å². The van der Waals surface area contributed by atoms with E-state index in [2.05, 4.69) is 21.7 Å². The van der Waals surface area contributed by atoms with Crippen LogP contribution in [0, 0.1) is 0 Å². The van der Waals surface area contributed by atoms with Gasteiger partial charge in [-0.2, -0.15) is 0 Å². The molecule has 1 amide bonds. The van der Waals surface area contributed by atoms with Crippen molar-refractivity contribution in [1.29, 1.82) is 0 Å². The fourth-order valence-electron chi connectivity index (χ4n) is 3.09. The summed E-state index contributed by atoms with van der Waals surface area (Å²) in [7, 11) is 6.15. The van der Waals surface area contributed by atoms with Crippen LogP contribution in [-0.2, 0) is 4.79 Å². The Kier molecular flexibility index (Phi) is 5.37. The van der Waals surface area contributed by atoms with Gasteiger partial charge in [0.1, 0.15) is 0 Å². The monoisotopic (exact) mass is 284 g/mol. The van der Waals surface area contributed by atoms with E-state index in [1.54, 1.807) is 0 Å². The van der Waals surface area contributed by atoms with E-state index in [9.17, 15) is 9.90 Å². The highest BCUT2D eigenvalue weighted by Crippen LogP contribution is 2.18. The third-order valence-electron chi connectivity index (χ3n) is 4.28. The molecule has 6 nitrogen and oxygen atoms in total. The van der Waals surface area contributed by atoms with Crippen molar-refractivity contribution in [1.82, 2.24) is 19.6 Å². The predicted molar refractivity (Wildman–Crippen MR) is 78.6 cm³/mol. The van der Waals surface area contributed by atoms with E-state index in [4.69, 9.17) is 0 Å². The summed E-state index contributed by atoms with van der Waals surface area (Å²) in [4.78, 5) is 20.8. The van der Waals surface area contributed by atoms with Crippen LogP contribution in [0.3, 0.4) is 0 Å². The lowest BCUT2D eigenvalue weighted by atomic mass is 10.2. The normalized spacial score (nSPS) is 29.4. The minimum atomic E-state index is -0.291. The van der Waals surface area contributed by atoms with Crippen molar-refractivity contribution in [3.05, 3.63) is 0 Å². The van der Waals surface area contributed by atoms with Gasteiger partial charge in [-0.15, -0.1) is 0 Å². The minimum absolute atomic E-state index is 0.205. The zero-order valence-corrected chi connectivity index (χ0v) is 13.0. The number of hydrogen-bond acceptors (Lipinski definition) is 5. The lowest BCUT2D eigenvalue weighted by molar-refractivity contribution is -0.134. The summed E-state index contributed by atoms with van der Waals surface area (Å²) in [5.74, 6) is 0.205. The Morgan fingerprint density at radius 3 is 2.50 bits per heavy atom. The zero-order chi connectivity index (χ0) is 14.7. The molecule has 20 heavy (non-hydrogen) atoms. The zero-order valence-electron chi connectivity index (χ0n) is 13.0. The van der Waals surface area contributed by atoms with E-state index < -0.39 is 0 Å². The van der Waals surface area contributed by atoms with Gasteiger partial charge in [-0.25, -0.2) is 0 Å². The molecule has 0 spiro atoms. The molecule has 0 radical (unpaired) electrons. The lowest BCUT2D eigenvalue weighted by Gasteiger charge is -2.34. The van der Waals surface area contributed by atoms with E-state index in [0.717, 1.165) is 39.1 Å². The van der Waals surface area contributed by atoms with Crippen molar-refractivity contribution in [2.75, 3.05) is 67.0 Å². The van der Waals surface area contributed by atoms with Crippen LogP contribution in [0.25, 0.3) is 0 Å². The number of aliphatic hydroxyl groups is 1. The fraction of sp³-hybridized carbons (Fsp3) is 0.929. The van der Waals surface area contributed by atoms with Crippen molar-refractivity contribution >= 4 is 5.91 Å². The first kappa shape index (κ1) is 15.7. The maximum atomic E-state index is 12.4. The number of likely N-dealkylation sites (tertiary alicyclic amines) is 1. The molecule has 0 aliphatic carbocycles. The number of rotatable bonds is 4. The molecular formula is C14H28N4O2. The summed E-state index contributed by atoms with van der Waals surface area (Å²) in [5.41, 5.74) is 0. The summed E-state index contributed by atoms with van der Waals surface area (Å²) in [5, 5.41) is 9.85. The van der Waals surface area contributed by atoms with Crippen LogP contribution in [-0.4, -0.2) is 110 Å². The lowest BCUT2D eigenvalue weighted by Crippen LogP contribution is -2.51. The molecule has 0 aromatic carbocycles. The number of carbonyl (C=O) groups excluding carboxylic acids is 1. The maximum absolute atomic E-state index is 12.4. The Labute approximate surface area is 121 Å². The van der Waals surface area contributed by atoms with Gasteiger partial charge in [-0.1, -0.05) is 0 Å². The highest BCUT2D eigenvalue weighted by molar-refractivity contribution is 5.78. The van der Waals surface area contributed by atoms with Gasteiger partial charge in [0, 0.05) is 45.3 Å². The third-order valence-corrected chi connectivity index (χ3v) is 4.28. The SMILES string of the molecule is CN(C)CC1CC(O)CN1CC(=O)N1CCN(C)CC1. The highest BCUT2D eigenvalue weighted by Gasteiger charge is 2.33. The molecule has 2 rings (SSSR count). The van der Waals surface area contributed by atoms with Gasteiger partial charge in [0.25, 0.3) is 0 Å². The number of amides is 1. The largest absolute Gasteiger partial charge is 0.392 e. The number of β-amino-alcohol motifs (C(OH)–C–C–N with tert-alkyl or cyclic N) is 1. The minimum Gasteiger partial charge on any atom is -0.392 e. The molecular weight excluding hydrogens is 256 g/mol. The number of aliphatic hydroxyl groups excluding tert-OH is 1. The second-order valence-electron chi connectivity index (χ2n) is 6.42. The van der Waals surface area contributed by atoms with Crippen molar-refractivity contribution in [3.63, 3.8) is 0 Å². The van der Waals surface area contributed by atoms with Crippen LogP contribution in [0.5, 0.6) is 0 Å². The summed E-state index contributed by atoms with van der Waals surface area (Å²) < 4.78 is 0. The summed E-state index contributed by atoms with van der Waals surface area (Å²) >= 11 is 0. The Hall–Kier alpha value is -0.690. The first-order valence-corrected chi connectivity index (χ1v) is 7.49. The van der Waals surface area contributed by atoms with Crippen LogP contribution >= 0.6 is 0 Å². The van der Waals surface area contributed by atoms with Crippen molar-refractivity contribution in [2.24, 2.45) is 0 Å². The first-order chi connectivity index (χ1) is 9.45. The van der Waals surface area contributed by atoms with Crippen LogP contribution in [0.15, 0.2) is 0 Å². The van der Waals surface area contributed by atoms with Gasteiger partial charge in [0.15, 0.2) is 0 Å². The second-order valence-corrected chi connectivity index (χ2v) is 6.42. The maximum Gasteiger partial charge on any atom is 0.236 e. The van der Waals surface area contributed by atoms with Gasteiger partial charge in [-0.3, -0.25) is 9.69 Å². The van der Waals surface area contributed by atoms with Crippen molar-refractivity contribution < 1.29 is 9.90 Å². The summed E-state index contributed by atoms with van der Waals surface area (Å²) in [6.07, 6.45) is 0.481. The summed E-state index contributed by atoms with van der Waals surface area (Å²) in [6, 6.07) is 0.288. The molecule has 2 aliphatic rings. The number of nitrogens with zero attached hydrogens (tertiary/aromatic N) is 4. The average Bonchev–Trinajstić information content (AvgIpc) is 2.69. The number of piperazine rings is 1. The van der Waals surface area contributed by atoms with Crippen LogP contribution in [0.1, 0.15) is 6.42 Å². The second kappa shape index (κ2) is 6.85. The molecule has 1 N–H and O–H groups in total. The van der Waals surface area contributed by atoms with Crippen LogP contribution in [0.4, 0.5) is 0 Å². The third kappa shape index (κ3) is 4.15. The molecule has 116 valence electrons. The van der Waals surface area contributed by atoms with E-state index in [0.29, 0.717) is 13.1 Å². The fourth-order valence-corrected chi connectivity index (χ4v) is 3.09. The Bertz CT molecular complexity index is 329. The molecule has 2 aliphatic heterocycles. The molecule has 2 fully saturated rings. The van der Waals surface area contributed by atoms with Gasteiger partial charge >= 0.3 is 0 Å². The molecule has 0 bridgehead atoms.